The molecule has 0 aromatic heterocycles. The lowest BCUT2D eigenvalue weighted by Crippen LogP contribution is -2.47. The minimum Gasteiger partial charge on any atom is -0.497 e. The number of piperazine rings is 1. The van der Waals surface area contributed by atoms with Gasteiger partial charge in [0, 0.05) is 32.7 Å². The van der Waals surface area contributed by atoms with Crippen molar-refractivity contribution >= 4 is 0 Å². The molecule has 1 N–H and O–H groups in total. The molecule has 0 aliphatic carbocycles. The van der Waals surface area contributed by atoms with Crippen molar-refractivity contribution < 1.29 is 9.84 Å². The SMILES string of the molecule is COc1cccc(C(O)CN2CCN(CCC(C)C)CC2)c1. The third kappa shape index (κ3) is 5.27. The molecule has 1 aliphatic heterocycles. The number of methoxy groups -OCH3 is 1. The van der Waals surface area contributed by atoms with E-state index in [-0.39, 0.29) is 0 Å². The van der Waals surface area contributed by atoms with Gasteiger partial charge in [0.1, 0.15) is 5.75 Å². The van der Waals surface area contributed by atoms with Gasteiger partial charge in [-0.3, -0.25) is 4.90 Å². The van der Waals surface area contributed by atoms with Crippen molar-refractivity contribution in [3.63, 3.8) is 0 Å². The maximum Gasteiger partial charge on any atom is 0.119 e. The second-order valence-corrected chi connectivity index (χ2v) is 6.62. The number of rotatable bonds is 7. The topological polar surface area (TPSA) is 35.9 Å². The predicted octanol–water partition coefficient (Wildman–Crippen LogP) is 2.39. The van der Waals surface area contributed by atoms with E-state index in [1.807, 2.05) is 24.3 Å². The van der Waals surface area contributed by atoms with Crippen LogP contribution >= 0.6 is 0 Å². The van der Waals surface area contributed by atoms with Crippen LogP contribution in [-0.2, 0) is 0 Å². The number of hydrogen-bond donors (Lipinski definition) is 1. The molecule has 1 aromatic rings. The van der Waals surface area contributed by atoms with E-state index in [1.54, 1.807) is 7.11 Å². The van der Waals surface area contributed by atoms with Gasteiger partial charge < -0.3 is 14.7 Å². The van der Waals surface area contributed by atoms with Gasteiger partial charge in [0.2, 0.25) is 0 Å². The van der Waals surface area contributed by atoms with Gasteiger partial charge in [0.25, 0.3) is 0 Å². The molecular formula is C18H30N2O2. The van der Waals surface area contributed by atoms with E-state index in [2.05, 4.69) is 23.6 Å². The van der Waals surface area contributed by atoms with Crippen LogP contribution in [0.1, 0.15) is 31.9 Å². The summed E-state index contributed by atoms with van der Waals surface area (Å²) in [5.41, 5.74) is 0.932. The number of ether oxygens (including phenoxy) is 1. The van der Waals surface area contributed by atoms with Crippen LogP contribution in [-0.4, -0.2) is 61.3 Å². The van der Waals surface area contributed by atoms with Crippen LogP contribution in [0, 0.1) is 5.92 Å². The highest BCUT2D eigenvalue weighted by atomic mass is 16.5. The highest BCUT2D eigenvalue weighted by molar-refractivity contribution is 5.29. The van der Waals surface area contributed by atoms with Crippen LogP contribution in [0.4, 0.5) is 0 Å². The van der Waals surface area contributed by atoms with Crippen molar-refractivity contribution in [3.05, 3.63) is 29.8 Å². The summed E-state index contributed by atoms with van der Waals surface area (Å²) in [6, 6.07) is 7.72. The molecule has 0 amide bonds. The number of benzene rings is 1. The third-order valence-electron chi connectivity index (χ3n) is 4.40. The monoisotopic (exact) mass is 306 g/mol. The molecule has 4 heteroatoms. The molecule has 1 fully saturated rings. The van der Waals surface area contributed by atoms with Gasteiger partial charge in [-0.15, -0.1) is 0 Å². The summed E-state index contributed by atoms with van der Waals surface area (Å²) in [6.45, 7) is 10.8. The molecule has 1 unspecified atom stereocenters. The first-order valence-electron chi connectivity index (χ1n) is 8.35. The summed E-state index contributed by atoms with van der Waals surface area (Å²) in [7, 11) is 1.65. The van der Waals surface area contributed by atoms with E-state index < -0.39 is 6.10 Å². The van der Waals surface area contributed by atoms with Crippen molar-refractivity contribution in [1.29, 1.82) is 0 Å². The Labute approximate surface area is 134 Å². The lowest BCUT2D eigenvalue weighted by atomic mass is 10.1. The highest BCUT2D eigenvalue weighted by Crippen LogP contribution is 2.20. The molecule has 22 heavy (non-hydrogen) atoms. The van der Waals surface area contributed by atoms with E-state index in [4.69, 9.17) is 4.74 Å². The van der Waals surface area contributed by atoms with Crippen LogP contribution in [0.15, 0.2) is 24.3 Å². The Morgan fingerprint density at radius 1 is 1.14 bits per heavy atom. The minimum absolute atomic E-state index is 0.447. The quantitative estimate of drug-likeness (QED) is 0.839. The molecule has 4 nitrogen and oxygen atoms in total. The predicted molar refractivity (Wildman–Crippen MR) is 90.3 cm³/mol. The summed E-state index contributed by atoms with van der Waals surface area (Å²) in [6.07, 6.45) is 0.823. The zero-order chi connectivity index (χ0) is 15.9. The molecular weight excluding hydrogens is 276 g/mol. The molecule has 0 spiro atoms. The van der Waals surface area contributed by atoms with Gasteiger partial charge >= 0.3 is 0 Å². The smallest absolute Gasteiger partial charge is 0.119 e. The van der Waals surface area contributed by atoms with Gasteiger partial charge in [0.05, 0.1) is 13.2 Å². The van der Waals surface area contributed by atoms with Crippen molar-refractivity contribution in [3.8, 4) is 5.75 Å². The van der Waals surface area contributed by atoms with Gasteiger partial charge in [-0.2, -0.15) is 0 Å². The Kier molecular flexibility index (Phi) is 6.68. The summed E-state index contributed by atoms with van der Waals surface area (Å²) >= 11 is 0. The molecule has 1 heterocycles. The third-order valence-corrected chi connectivity index (χ3v) is 4.40. The summed E-state index contributed by atoms with van der Waals surface area (Å²) in [5, 5.41) is 10.4. The number of β-amino-alcohol motifs (C(OH)–C–C–N with tert-alkyl or cyclic N) is 1. The molecule has 2 rings (SSSR count). The Bertz CT molecular complexity index is 442. The van der Waals surface area contributed by atoms with Crippen LogP contribution in [0.3, 0.4) is 0 Å². The molecule has 124 valence electrons. The Hall–Kier alpha value is -1.10. The lowest BCUT2D eigenvalue weighted by Gasteiger charge is -2.36. The molecule has 0 saturated carbocycles. The molecule has 0 bridgehead atoms. The number of aliphatic hydroxyl groups is 1. The largest absolute Gasteiger partial charge is 0.497 e. The first-order chi connectivity index (χ1) is 10.6. The second-order valence-electron chi connectivity index (χ2n) is 6.62. The molecule has 0 radical (unpaired) electrons. The van der Waals surface area contributed by atoms with Gasteiger partial charge in [-0.25, -0.2) is 0 Å². The Morgan fingerprint density at radius 3 is 2.45 bits per heavy atom. The maximum atomic E-state index is 10.4. The van der Waals surface area contributed by atoms with Gasteiger partial charge in [-0.05, 0) is 36.6 Å². The number of aliphatic hydroxyl groups excluding tert-OH is 1. The number of nitrogens with zero attached hydrogens (tertiary/aromatic N) is 2. The fraction of sp³-hybridized carbons (Fsp3) is 0.667. The average Bonchev–Trinajstić information content (AvgIpc) is 2.54. The van der Waals surface area contributed by atoms with Gasteiger partial charge in [0.15, 0.2) is 0 Å². The van der Waals surface area contributed by atoms with Crippen LogP contribution < -0.4 is 4.74 Å². The molecule has 1 saturated heterocycles. The van der Waals surface area contributed by atoms with Gasteiger partial charge in [-0.1, -0.05) is 26.0 Å². The van der Waals surface area contributed by atoms with E-state index in [9.17, 15) is 5.11 Å². The maximum absolute atomic E-state index is 10.4. The summed E-state index contributed by atoms with van der Waals surface area (Å²) in [4.78, 5) is 4.89. The van der Waals surface area contributed by atoms with Crippen molar-refractivity contribution in [2.24, 2.45) is 5.92 Å². The second kappa shape index (κ2) is 8.51. The lowest BCUT2D eigenvalue weighted by molar-refractivity contribution is 0.0710. The first kappa shape index (κ1) is 17.3. The van der Waals surface area contributed by atoms with E-state index >= 15 is 0 Å². The molecule has 1 atom stereocenters. The first-order valence-corrected chi connectivity index (χ1v) is 8.35. The average molecular weight is 306 g/mol. The molecule has 1 aromatic carbocycles. The summed E-state index contributed by atoms with van der Waals surface area (Å²) in [5.74, 6) is 1.57. The van der Waals surface area contributed by atoms with Crippen molar-refractivity contribution in [1.82, 2.24) is 9.80 Å². The van der Waals surface area contributed by atoms with E-state index in [0.29, 0.717) is 6.54 Å². The van der Waals surface area contributed by atoms with Crippen LogP contribution in [0.2, 0.25) is 0 Å². The minimum atomic E-state index is -0.447. The zero-order valence-corrected chi connectivity index (χ0v) is 14.2. The fourth-order valence-electron chi connectivity index (χ4n) is 2.84. The van der Waals surface area contributed by atoms with E-state index in [1.165, 1.54) is 13.0 Å². The van der Waals surface area contributed by atoms with Crippen molar-refractivity contribution in [2.75, 3.05) is 46.4 Å². The Morgan fingerprint density at radius 2 is 1.82 bits per heavy atom. The normalized spacial score (nSPS) is 18.6. The number of hydrogen-bond acceptors (Lipinski definition) is 4. The standard InChI is InChI=1S/C18H30N2O2/c1-15(2)7-8-19-9-11-20(12-10-19)14-18(21)16-5-4-6-17(13-16)22-3/h4-6,13,15,18,21H,7-12,14H2,1-3H3. The fourth-order valence-corrected chi connectivity index (χ4v) is 2.84. The van der Waals surface area contributed by atoms with Crippen LogP contribution in [0.25, 0.3) is 0 Å². The molecule has 1 aliphatic rings. The highest BCUT2D eigenvalue weighted by Gasteiger charge is 2.20. The van der Waals surface area contributed by atoms with Crippen LogP contribution in [0.5, 0.6) is 5.75 Å². The summed E-state index contributed by atoms with van der Waals surface area (Å²) < 4.78 is 5.22. The zero-order valence-electron chi connectivity index (χ0n) is 14.2. The Balaban J connectivity index is 1.77. The van der Waals surface area contributed by atoms with Crippen molar-refractivity contribution in [2.45, 2.75) is 26.4 Å². The van der Waals surface area contributed by atoms with E-state index in [0.717, 1.165) is 43.4 Å².